The van der Waals surface area contributed by atoms with Crippen molar-refractivity contribution in [2.24, 2.45) is 0 Å². The predicted octanol–water partition coefficient (Wildman–Crippen LogP) is 2.89. The van der Waals surface area contributed by atoms with Crippen LogP contribution in [-0.4, -0.2) is 11.5 Å². The largest absolute Gasteiger partial charge is 0.358 e. The van der Waals surface area contributed by atoms with Gasteiger partial charge in [0.15, 0.2) is 0 Å². The number of aromatic amines is 1. The minimum Gasteiger partial charge on any atom is -0.358 e. The van der Waals surface area contributed by atoms with E-state index in [0.717, 1.165) is 25.2 Å². The fraction of sp³-hybridized carbons (Fsp3) is 0.231. The summed E-state index contributed by atoms with van der Waals surface area (Å²) in [6.07, 6.45) is 0.990. The van der Waals surface area contributed by atoms with Gasteiger partial charge in [-0.15, -0.1) is 12.4 Å². The molecule has 1 aliphatic heterocycles. The molecule has 2 nitrogen and oxygen atoms in total. The molecule has 0 bridgehead atoms. The molecule has 0 atom stereocenters. The van der Waals surface area contributed by atoms with Crippen molar-refractivity contribution < 1.29 is 4.39 Å². The van der Waals surface area contributed by atoms with Crippen LogP contribution in [0.5, 0.6) is 0 Å². The average Bonchev–Trinajstić information content (AvgIpc) is 2.73. The number of halogens is 2. The van der Waals surface area contributed by atoms with E-state index in [1.807, 2.05) is 12.1 Å². The van der Waals surface area contributed by atoms with E-state index in [2.05, 4.69) is 10.3 Å². The average molecular weight is 253 g/mol. The Morgan fingerprint density at radius 1 is 1.18 bits per heavy atom. The molecule has 3 rings (SSSR count). The summed E-state index contributed by atoms with van der Waals surface area (Å²) in [7, 11) is 0. The van der Waals surface area contributed by atoms with Gasteiger partial charge in [0.25, 0.3) is 0 Å². The second-order valence-electron chi connectivity index (χ2n) is 4.09. The van der Waals surface area contributed by atoms with Crippen molar-refractivity contribution in [3.8, 4) is 11.3 Å². The lowest BCUT2D eigenvalue weighted by molar-refractivity contribution is 0.630. The lowest BCUT2D eigenvalue weighted by Gasteiger charge is -2.11. The highest BCUT2D eigenvalue weighted by Gasteiger charge is 2.14. The van der Waals surface area contributed by atoms with Crippen molar-refractivity contribution in [3.05, 3.63) is 47.4 Å². The van der Waals surface area contributed by atoms with Crippen molar-refractivity contribution in [2.45, 2.75) is 13.0 Å². The smallest absolute Gasteiger partial charge is 0.132 e. The lowest BCUT2D eigenvalue weighted by atomic mass is 10.1. The first-order valence-corrected chi connectivity index (χ1v) is 5.51. The second kappa shape index (κ2) is 4.90. The molecule has 1 aromatic heterocycles. The molecule has 0 saturated carbocycles. The molecule has 0 spiro atoms. The molecule has 1 aromatic carbocycles. The minimum absolute atomic E-state index is 0. The van der Waals surface area contributed by atoms with Gasteiger partial charge >= 0.3 is 0 Å². The molecule has 0 unspecified atom stereocenters. The number of nitrogens with one attached hydrogen (secondary N) is 2. The predicted molar refractivity (Wildman–Crippen MR) is 68.8 cm³/mol. The summed E-state index contributed by atoms with van der Waals surface area (Å²) in [5.41, 5.74) is 4.02. The zero-order chi connectivity index (χ0) is 11.0. The van der Waals surface area contributed by atoms with E-state index < -0.39 is 0 Å². The Kier molecular flexibility index (Phi) is 3.50. The third kappa shape index (κ3) is 2.21. The van der Waals surface area contributed by atoms with E-state index in [9.17, 15) is 4.39 Å². The summed E-state index contributed by atoms with van der Waals surface area (Å²) in [6.45, 7) is 1.87. The molecule has 2 aromatic rings. The van der Waals surface area contributed by atoms with Crippen molar-refractivity contribution >= 4 is 12.4 Å². The van der Waals surface area contributed by atoms with Crippen LogP contribution in [0, 0.1) is 5.82 Å². The van der Waals surface area contributed by atoms with Gasteiger partial charge in [-0.3, -0.25) is 0 Å². The standard InChI is InChI=1S/C13H13FN2.ClH/c14-11-4-2-1-3-10(11)13-7-9-8-15-6-5-12(9)16-13;/h1-4,7,15-16H,5-6,8H2;1H. The lowest BCUT2D eigenvalue weighted by Crippen LogP contribution is -2.22. The summed E-state index contributed by atoms with van der Waals surface area (Å²) in [4.78, 5) is 3.31. The van der Waals surface area contributed by atoms with Gasteiger partial charge in [-0.25, -0.2) is 4.39 Å². The number of H-pyrrole nitrogens is 1. The molecule has 1 aliphatic rings. The summed E-state index contributed by atoms with van der Waals surface area (Å²) >= 11 is 0. The minimum atomic E-state index is -0.172. The number of fused-ring (bicyclic) bond motifs is 1. The maximum absolute atomic E-state index is 13.6. The Bertz CT molecular complexity index is 498. The van der Waals surface area contributed by atoms with E-state index in [-0.39, 0.29) is 18.2 Å². The van der Waals surface area contributed by atoms with Crippen LogP contribution in [0.4, 0.5) is 4.39 Å². The first-order chi connectivity index (χ1) is 7.84. The molecule has 0 amide bonds. The molecule has 2 N–H and O–H groups in total. The quantitative estimate of drug-likeness (QED) is 0.803. The van der Waals surface area contributed by atoms with Gasteiger partial charge in [-0.05, 0) is 23.8 Å². The first kappa shape index (κ1) is 12.1. The Balaban J connectivity index is 0.00000108. The van der Waals surface area contributed by atoms with E-state index in [4.69, 9.17) is 0 Å². The Morgan fingerprint density at radius 2 is 2.00 bits per heavy atom. The van der Waals surface area contributed by atoms with Gasteiger partial charge in [-0.1, -0.05) is 12.1 Å². The highest BCUT2D eigenvalue weighted by molar-refractivity contribution is 5.85. The van der Waals surface area contributed by atoms with Crippen molar-refractivity contribution in [1.29, 1.82) is 0 Å². The molecule has 0 saturated heterocycles. The van der Waals surface area contributed by atoms with Gasteiger partial charge in [0.2, 0.25) is 0 Å². The van der Waals surface area contributed by atoms with Gasteiger partial charge in [0.05, 0.1) is 0 Å². The van der Waals surface area contributed by atoms with E-state index in [1.54, 1.807) is 12.1 Å². The zero-order valence-corrected chi connectivity index (χ0v) is 10.1. The van der Waals surface area contributed by atoms with Gasteiger partial charge in [-0.2, -0.15) is 0 Å². The zero-order valence-electron chi connectivity index (χ0n) is 9.29. The van der Waals surface area contributed by atoms with Crippen molar-refractivity contribution in [1.82, 2.24) is 10.3 Å². The number of hydrogen-bond acceptors (Lipinski definition) is 1. The molecular formula is C13H14ClFN2. The van der Waals surface area contributed by atoms with Crippen LogP contribution in [0.15, 0.2) is 30.3 Å². The van der Waals surface area contributed by atoms with Crippen LogP contribution >= 0.6 is 12.4 Å². The second-order valence-corrected chi connectivity index (χ2v) is 4.09. The van der Waals surface area contributed by atoms with Crippen LogP contribution < -0.4 is 5.32 Å². The number of rotatable bonds is 1. The third-order valence-corrected chi connectivity index (χ3v) is 3.02. The molecule has 17 heavy (non-hydrogen) atoms. The van der Waals surface area contributed by atoms with Crippen LogP contribution in [0.2, 0.25) is 0 Å². The fourth-order valence-electron chi connectivity index (χ4n) is 2.18. The fourth-order valence-corrected chi connectivity index (χ4v) is 2.18. The summed E-state index contributed by atoms with van der Waals surface area (Å²) < 4.78 is 13.6. The SMILES string of the molecule is Cl.Fc1ccccc1-c1cc2c([nH]1)CCNC2. The molecule has 90 valence electrons. The highest BCUT2D eigenvalue weighted by atomic mass is 35.5. The number of benzene rings is 1. The normalized spacial score (nSPS) is 13.9. The van der Waals surface area contributed by atoms with Gasteiger partial charge in [0.1, 0.15) is 5.82 Å². The van der Waals surface area contributed by atoms with Crippen LogP contribution in [0.3, 0.4) is 0 Å². The van der Waals surface area contributed by atoms with E-state index >= 15 is 0 Å². The molecule has 0 fully saturated rings. The Labute approximate surface area is 106 Å². The maximum atomic E-state index is 13.6. The summed E-state index contributed by atoms with van der Waals surface area (Å²) in [5, 5.41) is 3.31. The van der Waals surface area contributed by atoms with Gasteiger partial charge < -0.3 is 10.3 Å². The summed E-state index contributed by atoms with van der Waals surface area (Å²) in [6, 6.07) is 8.91. The Morgan fingerprint density at radius 3 is 2.76 bits per heavy atom. The number of hydrogen-bond donors (Lipinski definition) is 2. The third-order valence-electron chi connectivity index (χ3n) is 3.02. The molecule has 0 aliphatic carbocycles. The molecule has 0 radical (unpaired) electrons. The summed E-state index contributed by atoms with van der Waals surface area (Å²) in [5.74, 6) is -0.172. The van der Waals surface area contributed by atoms with E-state index in [1.165, 1.54) is 17.3 Å². The Hall–Kier alpha value is -1.32. The van der Waals surface area contributed by atoms with Crippen molar-refractivity contribution in [2.75, 3.05) is 6.54 Å². The molecular weight excluding hydrogens is 239 g/mol. The van der Waals surface area contributed by atoms with Crippen LogP contribution in [0.1, 0.15) is 11.3 Å². The van der Waals surface area contributed by atoms with Gasteiger partial charge in [0, 0.05) is 36.5 Å². The van der Waals surface area contributed by atoms with E-state index in [0.29, 0.717) is 5.56 Å². The first-order valence-electron chi connectivity index (χ1n) is 5.51. The number of aromatic nitrogens is 1. The molecule has 2 heterocycles. The van der Waals surface area contributed by atoms with Crippen LogP contribution in [-0.2, 0) is 13.0 Å². The van der Waals surface area contributed by atoms with Crippen LogP contribution in [0.25, 0.3) is 11.3 Å². The monoisotopic (exact) mass is 252 g/mol. The van der Waals surface area contributed by atoms with Crippen molar-refractivity contribution in [3.63, 3.8) is 0 Å². The highest BCUT2D eigenvalue weighted by Crippen LogP contribution is 2.25. The maximum Gasteiger partial charge on any atom is 0.132 e. The topological polar surface area (TPSA) is 27.8 Å². The molecule has 4 heteroatoms.